The van der Waals surface area contributed by atoms with Crippen LogP contribution in [0.5, 0.6) is 0 Å². The summed E-state index contributed by atoms with van der Waals surface area (Å²) < 4.78 is 19.9. The van der Waals surface area contributed by atoms with Gasteiger partial charge >= 0.3 is 0 Å². The lowest BCUT2D eigenvalue weighted by Crippen LogP contribution is -2.67. The minimum Gasteiger partial charge on any atom is -0.379 e. The van der Waals surface area contributed by atoms with Gasteiger partial charge in [-0.15, -0.1) is 0 Å². The molecule has 1 heterocycles. The van der Waals surface area contributed by atoms with Crippen molar-refractivity contribution in [3.8, 4) is 0 Å². The molecule has 1 aromatic carbocycles. The minimum atomic E-state index is -0.334. The van der Waals surface area contributed by atoms with Crippen LogP contribution in [0.25, 0.3) is 0 Å². The zero-order valence-corrected chi connectivity index (χ0v) is 13.9. The molecule has 2 aliphatic rings. The minimum absolute atomic E-state index is 0.0578. The number of benzene rings is 1. The Balaban J connectivity index is 1.85. The number of ether oxygens (including phenoxy) is 1. The summed E-state index contributed by atoms with van der Waals surface area (Å²) in [5, 5.41) is 3.92. The summed E-state index contributed by atoms with van der Waals surface area (Å²) >= 11 is 9.55. The SMILES string of the molecule is CC1(C)C(Nc2c(Cl)cc(F)cc2Br)C2CCCOC21. The van der Waals surface area contributed by atoms with Gasteiger partial charge in [-0.05, 0) is 40.9 Å². The zero-order valence-electron chi connectivity index (χ0n) is 11.6. The fourth-order valence-electron chi connectivity index (χ4n) is 3.65. The highest BCUT2D eigenvalue weighted by Crippen LogP contribution is 2.53. The first-order chi connectivity index (χ1) is 9.41. The third kappa shape index (κ3) is 2.26. The van der Waals surface area contributed by atoms with Gasteiger partial charge in [0.2, 0.25) is 0 Å². The van der Waals surface area contributed by atoms with Gasteiger partial charge in [-0.3, -0.25) is 0 Å². The second-order valence-corrected chi connectivity index (χ2v) is 7.55. The quantitative estimate of drug-likeness (QED) is 0.811. The fourth-order valence-corrected chi connectivity index (χ4v) is 4.57. The highest BCUT2D eigenvalue weighted by Gasteiger charge is 2.58. The van der Waals surface area contributed by atoms with Gasteiger partial charge in [-0.25, -0.2) is 4.39 Å². The van der Waals surface area contributed by atoms with Crippen LogP contribution in [0.3, 0.4) is 0 Å². The van der Waals surface area contributed by atoms with Crippen LogP contribution in [0.1, 0.15) is 26.7 Å². The van der Waals surface area contributed by atoms with Crippen molar-refractivity contribution < 1.29 is 9.13 Å². The van der Waals surface area contributed by atoms with E-state index in [1.807, 2.05) is 0 Å². The van der Waals surface area contributed by atoms with Gasteiger partial charge < -0.3 is 10.1 Å². The number of anilines is 1. The van der Waals surface area contributed by atoms with Crippen molar-refractivity contribution in [2.24, 2.45) is 11.3 Å². The van der Waals surface area contributed by atoms with Gasteiger partial charge in [0.15, 0.2) is 0 Å². The van der Waals surface area contributed by atoms with Crippen molar-refractivity contribution in [1.29, 1.82) is 0 Å². The van der Waals surface area contributed by atoms with Crippen LogP contribution in [0.2, 0.25) is 5.02 Å². The van der Waals surface area contributed by atoms with Crippen LogP contribution in [0, 0.1) is 17.2 Å². The normalized spacial score (nSPS) is 31.4. The maximum atomic E-state index is 13.3. The van der Waals surface area contributed by atoms with E-state index in [4.69, 9.17) is 16.3 Å². The Morgan fingerprint density at radius 1 is 1.45 bits per heavy atom. The maximum absolute atomic E-state index is 13.3. The monoisotopic (exact) mass is 361 g/mol. The number of fused-ring (bicyclic) bond motifs is 1. The number of rotatable bonds is 2. The van der Waals surface area contributed by atoms with Crippen LogP contribution in [-0.4, -0.2) is 18.8 Å². The molecule has 0 radical (unpaired) electrons. The van der Waals surface area contributed by atoms with Gasteiger partial charge in [0.05, 0.1) is 16.8 Å². The summed E-state index contributed by atoms with van der Waals surface area (Å²) in [5.41, 5.74) is 0.831. The number of hydrogen-bond donors (Lipinski definition) is 1. The van der Waals surface area contributed by atoms with E-state index in [0.29, 0.717) is 27.6 Å². The zero-order chi connectivity index (χ0) is 14.5. The Bertz CT molecular complexity index is 514. The fraction of sp³-hybridized carbons (Fsp3) is 0.600. The first kappa shape index (κ1) is 14.6. The molecule has 2 fully saturated rings. The summed E-state index contributed by atoms with van der Waals surface area (Å²) in [4.78, 5) is 0. The molecule has 0 bridgehead atoms. The van der Waals surface area contributed by atoms with Crippen molar-refractivity contribution in [3.63, 3.8) is 0 Å². The predicted octanol–water partition coefficient (Wildman–Crippen LogP) is 4.86. The van der Waals surface area contributed by atoms with Gasteiger partial charge in [-0.2, -0.15) is 0 Å². The molecule has 1 saturated carbocycles. The predicted molar refractivity (Wildman–Crippen MR) is 82.8 cm³/mol. The molecule has 0 aromatic heterocycles. The molecule has 5 heteroatoms. The van der Waals surface area contributed by atoms with Crippen molar-refractivity contribution in [3.05, 3.63) is 27.4 Å². The lowest BCUT2D eigenvalue weighted by molar-refractivity contribution is -0.177. The van der Waals surface area contributed by atoms with E-state index in [2.05, 4.69) is 35.1 Å². The highest BCUT2D eigenvalue weighted by molar-refractivity contribution is 9.10. The molecular formula is C15H18BrClFNO. The summed E-state index contributed by atoms with van der Waals surface area (Å²) in [6, 6.07) is 3.08. The molecule has 0 amide bonds. The maximum Gasteiger partial charge on any atom is 0.125 e. The second-order valence-electron chi connectivity index (χ2n) is 6.29. The average molecular weight is 363 g/mol. The van der Waals surface area contributed by atoms with Crippen molar-refractivity contribution in [2.45, 2.75) is 38.8 Å². The van der Waals surface area contributed by atoms with Crippen LogP contribution in [0.4, 0.5) is 10.1 Å². The van der Waals surface area contributed by atoms with E-state index in [0.717, 1.165) is 18.7 Å². The third-order valence-electron chi connectivity index (χ3n) is 4.64. The Morgan fingerprint density at radius 2 is 2.20 bits per heavy atom. The molecule has 1 N–H and O–H groups in total. The average Bonchev–Trinajstić information content (AvgIpc) is 2.37. The van der Waals surface area contributed by atoms with Gasteiger partial charge in [-0.1, -0.05) is 25.4 Å². The molecule has 1 aromatic rings. The molecule has 1 saturated heterocycles. The molecule has 3 atom stereocenters. The third-order valence-corrected chi connectivity index (χ3v) is 5.56. The van der Waals surface area contributed by atoms with E-state index >= 15 is 0 Å². The number of hydrogen-bond acceptors (Lipinski definition) is 2. The highest BCUT2D eigenvalue weighted by atomic mass is 79.9. The smallest absolute Gasteiger partial charge is 0.125 e. The Hall–Kier alpha value is -0.320. The van der Waals surface area contributed by atoms with Crippen molar-refractivity contribution in [2.75, 3.05) is 11.9 Å². The molecule has 1 aliphatic heterocycles. The topological polar surface area (TPSA) is 21.3 Å². The summed E-state index contributed by atoms with van der Waals surface area (Å²) in [5.74, 6) is 0.172. The lowest BCUT2D eigenvalue weighted by atomic mass is 9.55. The van der Waals surface area contributed by atoms with E-state index in [1.165, 1.54) is 18.6 Å². The molecule has 3 rings (SSSR count). The van der Waals surface area contributed by atoms with Crippen LogP contribution in [-0.2, 0) is 4.74 Å². The Labute approximate surface area is 132 Å². The summed E-state index contributed by atoms with van der Waals surface area (Å²) in [7, 11) is 0. The first-order valence-corrected chi connectivity index (χ1v) is 8.11. The summed E-state index contributed by atoms with van der Waals surface area (Å²) in [6.45, 7) is 5.28. The molecule has 20 heavy (non-hydrogen) atoms. The second kappa shape index (κ2) is 5.15. The van der Waals surface area contributed by atoms with Crippen molar-refractivity contribution >= 4 is 33.2 Å². The van der Waals surface area contributed by atoms with Crippen LogP contribution >= 0.6 is 27.5 Å². The molecular weight excluding hydrogens is 345 g/mol. The number of halogens is 3. The van der Waals surface area contributed by atoms with Gasteiger partial charge in [0.1, 0.15) is 5.82 Å². The Morgan fingerprint density at radius 3 is 2.90 bits per heavy atom. The first-order valence-electron chi connectivity index (χ1n) is 6.94. The molecule has 0 spiro atoms. The van der Waals surface area contributed by atoms with E-state index in [1.54, 1.807) is 0 Å². The van der Waals surface area contributed by atoms with Crippen LogP contribution < -0.4 is 5.32 Å². The Kier molecular flexibility index (Phi) is 3.76. The van der Waals surface area contributed by atoms with Gasteiger partial charge in [0, 0.05) is 28.5 Å². The number of nitrogens with one attached hydrogen (secondary N) is 1. The van der Waals surface area contributed by atoms with E-state index in [9.17, 15) is 4.39 Å². The van der Waals surface area contributed by atoms with Crippen molar-refractivity contribution in [1.82, 2.24) is 0 Å². The van der Waals surface area contributed by atoms with Gasteiger partial charge in [0.25, 0.3) is 0 Å². The van der Waals surface area contributed by atoms with Crippen LogP contribution in [0.15, 0.2) is 16.6 Å². The largest absolute Gasteiger partial charge is 0.379 e. The lowest BCUT2D eigenvalue weighted by Gasteiger charge is -2.60. The molecule has 1 aliphatic carbocycles. The molecule has 110 valence electrons. The summed E-state index contributed by atoms with van der Waals surface area (Å²) in [6.07, 6.45) is 2.59. The molecule has 3 unspecified atom stereocenters. The van der Waals surface area contributed by atoms with E-state index < -0.39 is 0 Å². The standard InChI is InChI=1S/C15H18BrClFNO/c1-15(2)13(9-4-3-5-20-14(9)15)19-12-10(16)6-8(18)7-11(12)17/h6-7,9,13-14,19H,3-5H2,1-2H3. The van der Waals surface area contributed by atoms with E-state index in [-0.39, 0.29) is 11.2 Å². The molecule has 2 nitrogen and oxygen atoms in total.